The van der Waals surface area contributed by atoms with Crippen LogP contribution in [0, 0.1) is 0 Å². The number of carbonyl (C=O) groups excluding carboxylic acids is 1. The summed E-state index contributed by atoms with van der Waals surface area (Å²) in [4.78, 5) is 18.5. The summed E-state index contributed by atoms with van der Waals surface area (Å²) in [6.07, 6.45) is 5.72. The molecule has 1 aliphatic rings. The molecule has 4 nitrogen and oxygen atoms in total. The molecule has 0 unspecified atom stereocenters. The first kappa shape index (κ1) is 16.3. The van der Waals surface area contributed by atoms with E-state index in [1.165, 1.54) is 0 Å². The van der Waals surface area contributed by atoms with Gasteiger partial charge < -0.3 is 9.64 Å². The molecule has 2 rings (SSSR count). The van der Waals surface area contributed by atoms with E-state index in [0.717, 1.165) is 25.1 Å². The summed E-state index contributed by atoms with van der Waals surface area (Å²) in [6.45, 7) is 7.82. The van der Waals surface area contributed by atoms with E-state index < -0.39 is 0 Å². The van der Waals surface area contributed by atoms with Crippen LogP contribution in [-0.4, -0.2) is 40.6 Å². The van der Waals surface area contributed by atoms with Crippen LogP contribution in [0.3, 0.4) is 0 Å². The molecule has 21 heavy (non-hydrogen) atoms. The van der Waals surface area contributed by atoms with Crippen LogP contribution in [0.25, 0.3) is 0 Å². The highest BCUT2D eigenvalue weighted by molar-refractivity contribution is 8.01. The molecule has 0 aromatic carbocycles. The van der Waals surface area contributed by atoms with E-state index in [9.17, 15) is 4.79 Å². The molecule has 1 amide bonds. The van der Waals surface area contributed by atoms with Gasteiger partial charge >= 0.3 is 0 Å². The molecule has 1 aliphatic heterocycles. The average Bonchev–Trinajstić information content (AvgIpc) is 2.95. The molecule has 0 bridgehead atoms. The largest absolute Gasteiger partial charge is 0.376 e. The highest BCUT2D eigenvalue weighted by Gasteiger charge is 2.25. The fourth-order valence-electron chi connectivity index (χ4n) is 2.22. The van der Waals surface area contributed by atoms with E-state index in [4.69, 9.17) is 4.74 Å². The fraction of sp³-hybridized carbons (Fsp3) is 0.625. The highest BCUT2D eigenvalue weighted by atomic mass is 32.2. The Morgan fingerprint density at radius 3 is 2.71 bits per heavy atom. The number of pyridine rings is 1. The van der Waals surface area contributed by atoms with E-state index in [2.05, 4.69) is 25.8 Å². The standard InChI is InChI=1S/C16H24N2O2S/c1-16(2,3)21-12-15(19)18(11-14-5-4-10-20-14)13-6-8-17-9-7-13/h6-9,14H,4-5,10-12H2,1-3H3/t14-/m1/s1. The van der Waals surface area contributed by atoms with Crippen LogP contribution in [-0.2, 0) is 9.53 Å². The number of aromatic nitrogens is 1. The number of carbonyl (C=O) groups is 1. The summed E-state index contributed by atoms with van der Waals surface area (Å²) in [5, 5.41) is 0. The first-order valence-corrected chi connectivity index (χ1v) is 8.40. The summed E-state index contributed by atoms with van der Waals surface area (Å²) in [7, 11) is 0. The van der Waals surface area contributed by atoms with Crippen LogP contribution >= 0.6 is 11.8 Å². The molecule has 1 saturated heterocycles. The number of amides is 1. The van der Waals surface area contributed by atoms with Crippen molar-refractivity contribution in [3.05, 3.63) is 24.5 Å². The second-order valence-corrected chi connectivity index (χ2v) is 8.05. The van der Waals surface area contributed by atoms with Gasteiger partial charge in [0.15, 0.2) is 0 Å². The van der Waals surface area contributed by atoms with E-state index in [1.807, 2.05) is 17.0 Å². The number of ether oxygens (including phenoxy) is 1. The lowest BCUT2D eigenvalue weighted by Gasteiger charge is -2.27. The Kier molecular flexibility index (Phi) is 5.65. The number of hydrogen-bond donors (Lipinski definition) is 0. The smallest absolute Gasteiger partial charge is 0.237 e. The second kappa shape index (κ2) is 7.27. The van der Waals surface area contributed by atoms with Crippen LogP contribution in [0.4, 0.5) is 5.69 Å². The molecular formula is C16H24N2O2S. The van der Waals surface area contributed by atoms with Gasteiger partial charge in [-0.25, -0.2) is 0 Å². The summed E-state index contributed by atoms with van der Waals surface area (Å²) in [5.41, 5.74) is 0.903. The van der Waals surface area contributed by atoms with Crippen molar-refractivity contribution in [3.8, 4) is 0 Å². The minimum Gasteiger partial charge on any atom is -0.376 e. The average molecular weight is 308 g/mol. The Balaban J connectivity index is 2.05. The van der Waals surface area contributed by atoms with Crippen LogP contribution in [0.1, 0.15) is 33.6 Å². The van der Waals surface area contributed by atoms with Crippen molar-refractivity contribution in [1.29, 1.82) is 0 Å². The lowest BCUT2D eigenvalue weighted by Crippen LogP contribution is -2.39. The molecule has 1 fully saturated rings. The van der Waals surface area contributed by atoms with Gasteiger partial charge in [0, 0.05) is 29.4 Å². The van der Waals surface area contributed by atoms with Crippen LogP contribution < -0.4 is 4.90 Å². The Morgan fingerprint density at radius 2 is 2.14 bits per heavy atom. The highest BCUT2D eigenvalue weighted by Crippen LogP contribution is 2.25. The van der Waals surface area contributed by atoms with Crippen molar-refractivity contribution in [2.75, 3.05) is 23.8 Å². The maximum Gasteiger partial charge on any atom is 0.237 e. The zero-order chi connectivity index (χ0) is 15.3. The quantitative estimate of drug-likeness (QED) is 0.838. The molecule has 5 heteroatoms. The second-order valence-electron chi connectivity index (χ2n) is 6.25. The number of nitrogens with zero attached hydrogens (tertiary/aromatic N) is 2. The van der Waals surface area contributed by atoms with Crippen LogP contribution in [0.15, 0.2) is 24.5 Å². The molecule has 116 valence electrons. The molecule has 1 atom stereocenters. The lowest BCUT2D eigenvalue weighted by atomic mass is 10.2. The molecule has 0 N–H and O–H groups in total. The van der Waals surface area contributed by atoms with Gasteiger partial charge in [0.1, 0.15) is 0 Å². The lowest BCUT2D eigenvalue weighted by molar-refractivity contribution is -0.116. The third-order valence-corrected chi connectivity index (χ3v) is 4.57. The first-order valence-electron chi connectivity index (χ1n) is 7.42. The zero-order valence-electron chi connectivity index (χ0n) is 13.0. The number of hydrogen-bond acceptors (Lipinski definition) is 4. The molecule has 1 aromatic heterocycles. The maximum absolute atomic E-state index is 12.6. The molecule has 0 aliphatic carbocycles. The summed E-state index contributed by atoms with van der Waals surface area (Å²) < 4.78 is 5.77. The Bertz CT molecular complexity index is 453. The van der Waals surface area contributed by atoms with Gasteiger partial charge in [0.05, 0.1) is 18.4 Å². The number of rotatable bonds is 5. The SMILES string of the molecule is CC(C)(C)SCC(=O)N(C[C@H]1CCCO1)c1ccncc1. The van der Waals surface area contributed by atoms with E-state index in [-0.39, 0.29) is 16.8 Å². The summed E-state index contributed by atoms with van der Waals surface area (Å²) >= 11 is 1.67. The Morgan fingerprint density at radius 1 is 1.43 bits per heavy atom. The Labute approximate surface area is 131 Å². The molecule has 0 saturated carbocycles. The monoisotopic (exact) mass is 308 g/mol. The van der Waals surface area contributed by atoms with Crippen LogP contribution in [0.5, 0.6) is 0 Å². The summed E-state index contributed by atoms with van der Waals surface area (Å²) in [6, 6.07) is 3.77. The molecule has 0 radical (unpaired) electrons. The minimum atomic E-state index is 0.0867. The predicted octanol–water partition coefficient (Wildman–Crippen LogP) is 3.13. The van der Waals surface area contributed by atoms with Gasteiger partial charge in [-0.15, -0.1) is 11.8 Å². The molecular weight excluding hydrogens is 284 g/mol. The maximum atomic E-state index is 12.6. The van der Waals surface area contributed by atoms with Crippen LogP contribution in [0.2, 0.25) is 0 Å². The van der Waals surface area contributed by atoms with Gasteiger partial charge in [-0.05, 0) is 25.0 Å². The normalized spacial score (nSPS) is 18.7. The van der Waals surface area contributed by atoms with Crippen molar-refractivity contribution < 1.29 is 9.53 Å². The van der Waals surface area contributed by atoms with Gasteiger partial charge in [0.2, 0.25) is 5.91 Å². The minimum absolute atomic E-state index is 0.0867. The number of thioether (sulfide) groups is 1. The van der Waals surface area contributed by atoms with Gasteiger partial charge in [0.25, 0.3) is 0 Å². The van der Waals surface area contributed by atoms with Gasteiger partial charge in [-0.3, -0.25) is 9.78 Å². The summed E-state index contributed by atoms with van der Waals surface area (Å²) in [5.74, 6) is 0.620. The van der Waals surface area contributed by atoms with Crippen molar-refractivity contribution >= 4 is 23.4 Å². The van der Waals surface area contributed by atoms with Crippen molar-refractivity contribution in [2.45, 2.75) is 44.5 Å². The molecule has 1 aromatic rings. The van der Waals surface area contributed by atoms with Gasteiger partial charge in [-0.1, -0.05) is 20.8 Å². The van der Waals surface area contributed by atoms with Crippen molar-refractivity contribution in [1.82, 2.24) is 4.98 Å². The number of anilines is 1. The predicted molar refractivity (Wildman–Crippen MR) is 87.8 cm³/mol. The fourth-order valence-corrected chi connectivity index (χ4v) is 2.94. The van der Waals surface area contributed by atoms with E-state index in [0.29, 0.717) is 12.3 Å². The topological polar surface area (TPSA) is 42.4 Å². The van der Waals surface area contributed by atoms with Crippen molar-refractivity contribution in [2.24, 2.45) is 0 Å². The third kappa shape index (κ3) is 5.32. The zero-order valence-corrected chi connectivity index (χ0v) is 13.9. The van der Waals surface area contributed by atoms with Gasteiger partial charge in [-0.2, -0.15) is 0 Å². The Hall–Kier alpha value is -1.07. The third-order valence-electron chi connectivity index (χ3n) is 3.31. The van der Waals surface area contributed by atoms with E-state index in [1.54, 1.807) is 24.2 Å². The van der Waals surface area contributed by atoms with E-state index >= 15 is 0 Å². The van der Waals surface area contributed by atoms with Crippen molar-refractivity contribution in [3.63, 3.8) is 0 Å². The molecule has 2 heterocycles. The molecule has 0 spiro atoms. The first-order chi connectivity index (χ1) is 9.96.